The van der Waals surface area contributed by atoms with E-state index in [0.29, 0.717) is 0 Å². The Morgan fingerprint density at radius 2 is 1.72 bits per heavy atom. The van der Waals surface area contributed by atoms with E-state index in [0.717, 1.165) is 19.4 Å². The smallest absolute Gasteiger partial charge is 0.0693 e. The van der Waals surface area contributed by atoms with Gasteiger partial charge >= 0.3 is 0 Å². The summed E-state index contributed by atoms with van der Waals surface area (Å²) in [6.07, 6.45) is 4.29. The first kappa shape index (κ1) is 13.6. The van der Waals surface area contributed by atoms with Gasteiger partial charge in [-0.2, -0.15) is 0 Å². The molecule has 0 aliphatic heterocycles. The number of benzene rings is 1. The molecular formula is C16H25NO. The highest BCUT2D eigenvalue weighted by atomic mass is 16.3. The highest BCUT2D eigenvalue weighted by Gasteiger charge is 2.22. The van der Waals surface area contributed by atoms with Crippen LogP contribution >= 0.6 is 0 Å². The molecule has 1 aliphatic carbocycles. The van der Waals surface area contributed by atoms with E-state index in [2.05, 4.69) is 38.2 Å². The first-order valence-electron chi connectivity index (χ1n) is 7.06. The molecule has 1 aromatic carbocycles. The highest BCUT2D eigenvalue weighted by molar-refractivity contribution is 5.37. The van der Waals surface area contributed by atoms with Crippen LogP contribution in [0.1, 0.15) is 47.9 Å². The van der Waals surface area contributed by atoms with Gasteiger partial charge in [0.05, 0.1) is 6.10 Å². The number of rotatable bonds is 3. The zero-order valence-electron chi connectivity index (χ0n) is 11.8. The van der Waals surface area contributed by atoms with Gasteiger partial charge in [-0.1, -0.05) is 30.5 Å². The number of aliphatic hydroxyl groups excluding tert-OH is 1. The Balaban J connectivity index is 2.01. The topological polar surface area (TPSA) is 32.3 Å². The van der Waals surface area contributed by atoms with Gasteiger partial charge in [-0.15, -0.1) is 0 Å². The lowest BCUT2D eigenvalue weighted by Gasteiger charge is -2.29. The summed E-state index contributed by atoms with van der Waals surface area (Å²) in [7, 11) is 0. The van der Waals surface area contributed by atoms with E-state index in [1.165, 1.54) is 35.1 Å². The molecule has 2 N–H and O–H groups in total. The second-order valence-corrected chi connectivity index (χ2v) is 5.72. The molecule has 1 saturated carbocycles. The molecule has 0 amide bonds. The zero-order valence-corrected chi connectivity index (χ0v) is 11.8. The Hall–Kier alpha value is -0.860. The molecule has 0 heterocycles. The Kier molecular flexibility index (Phi) is 4.41. The fourth-order valence-corrected chi connectivity index (χ4v) is 3.07. The van der Waals surface area contributed by atoms with Crippen LogP contribution in [0.5, 0.6) is 0 Å². The third kappa shape index (κ3) is 3.12. The average molecular weight is 247 g/mol. The third-order valence-electron chi connectivity index (χ3n) is 4.11. The van der Waals surface area contributed by atoms with Crippen molar-refractivity contribution < 1.29 is 5.11 Å². The van der Waals surface area contributed by atoms with Crippen molar-refractivity contribution in [3.05, 3.63) is 34.4 Å². The highest BCUT2D eigenvalue weighted by Crippen LogP contribution is 2.20. The first-order chi connectivity index (χ1) is 8.58. The molecule has 1 fully saturated rings. The van der Waals surface area contributed by atoms with Crippen molar-refractivity contribution >= 4 is 0 Å². The Labute approximate surface area is 110 Å². The van der Waals surface area contributed by atoms with Crippen molar-refractivity contribution in [1.82, 2.24) is 5.32 Å². The summed E-state index contributed by atoms with van der Waals surface area (Å²) in [5.41, 5.74) is 5.42. The molecule has 2 unspecified atom stereocenters. The number of hydrogen-bond donors (Lipinski definition) is 2. The van der Waals surface area contributed by atoms with Crippen molar-refractivity contribution in [3.63, 3.8) is 0 Å². The summed E-state index contributed by atoms with van der Waals surface area (Å²) in [6, 6.07) is 4.75. The number of aryl methyl sites for hydroxylation is 3. The van der Waals surface area contributed by atoms with Crippen molar-refractivity contribution in [1.29, 1.82) is 0 Å². The fourth-order valence-electron chi connectivity index (χ4n) is 3.07. The summed E-state index contributed by atoms with van der Waals surface area (Å²) in [6.45, 7) is 7.37. The molecule has 2 nitrogen and oxygen atoms in total. The van der Waals surface area contributed by atoms with Crippen LogP contribution in [0.25, 0.3) is 0 Å². The van der Waals surface area contributed by atoms with Crippen LogP contribution in [0.4, 0.5) is 0 Å². The van der Waals surface area contributed by atoms with Gasteiger partial charge < -0.3 is 10.4 Å². The van der Waals surface area contributed by atoms with Crippen LogP contribution in [0, 0.1) is 20.8 Å². The predicted octanol–water partition coefficient (Wildman–Crippen LogP) is 3.00. The van der Waals surface area contributed by atoms with Crippen LogP contribution in [-0.2, 0) is 6.54 Å². The maximum Gasteiger partial charge on any atom is 0.0693 e. The summed E-state index contributed by atoms with van der Waals surface area (Å²) in [5.74, 6) is 0. The zero-order chi connectivity index (χ0) is 13.1. The van der Waals surface area contributed by atoms with E-state index >= 15 is 0 Å². The molecule has 2 heteroatoms. The van der Waals surface area contributed by atoms with Crippen LogP contribution < -0.4 is 5.32 Å². The number of hydrogen-bond acceptors (Lipinski definition) is 2. The summed E-state index contributed by atoms with van der Waals surface area (Å²) < 4.78 is 0. The lowest BCUT2D eigenvalue weighted by molar-refractivity contribution is 0.0902. The molecule has 0 spiro atoms. The summed E-state index contributed by atoms with van der Waals surface area (Å²) >= 11 is 0. The predicted molar refractivity (Wildman–Crippen MR) is 75.8 cm³/mol. The molecule has 100 valence electrons. The maximum absolute atomic E-state index is 9.97. The van der Waals surface area contributed by atoms with Gasteiger partial charge in [0, 0.05) is 12.6 Å². The molecule has 1 aliphatic rings. The monoisotopic (exact) mass is 247 g/mol. The normalized spacial score (nSPS) is 24.2. The SMILES string of the molecule is Cc1cc(C)c(CNC2CCCCC2O)c(C)c1. The minimum Gasteiger partial charge on any atom is -0.392 e. The minimum atomic E-state index is -0.162. The van der Waals surface area contributed by atoms with Gasteiger partial charge in [0.2, 0.25) is 0 Å². The molecular weight excluding hydrogens is 222 g/mol. The first-order valence-corrected chi connectivity index (χ1v) is 7.06. The minimum absolute atomic E-state index is 0.162. The molecule has 1 aromatic rings. The summed E-state index contributed by atoms with van der Waals surface area (Å²) in [4.78, 5) is 0. The lowest BCUT2D eigenvalue weighted by atomic mass is 9.92. The standard InChI is InChI=1S/C16H25NO/c1-11-8-12(2)14(13(3)9-11)10-17-15-6-4-5-7-16(15)18/h8-9,15-18H,4-7,10H2,1-3H3. The lowest BCUT2D eigenvalue weighted by Crippen LogP contribution is -2.41. The Bertz CT molecular complexity index is 391. The molecule has 18 heavy (non-hydrogen) atoms. The van der Waals surface area contributed by atoms with Gasteiger partial charge in [-0.05, 0) is 50.3 Å². The average Bonchev–Trinajstić information content (AvgIpc) is 2.30. The molecule has 2 atom stereocenters. The van der Waals surface area contributed by atoms with E-state index < -0.39 is 0 Å². The molecule has 0 aromatic heterocycles. The van der Waals surface area contributed by atoms with Crippen LogP contribution in [0.15, 0.2) is 12.1 Å². The fraction of sp³-hybridized carbons (Fsp3) is 0.625. The molecule has 0 saturated heterocycles. The van der Waals surface area contributed by atoms with Crippen molar-refractivity contribution in [2.75, 3.05) is 0 Å². The van der Waals surface area contributed by atoms with E-state index in [1.807, 2.05) is 0 Å². The summed E-state index contributed by atoms with van der Waals surface area (Å²) in [5, 5.41) is 13.5. The second-order valence-electron chi connectivity index (χ2n) is 5.72. The third-order valence-corrected chi connectivity index (χ3v) is 4.11. The molecule has 2 rings (SSSR count). The van der Waals surface area contributed by atoms with E-state index in [-0.39, 0.29) is 12.1 Å². The van der Waals surface area contributed by atoms with Gasteiger partial charge in [0.25, 0.3) is 0 Å². The van der Waals surface area contributed by atoms with Gasteiger partial charge in [-0.25, -0.2) is 0 Å². The van der Waals surface area contributed by atoms with E-state index in [4.69, 9.17) is 0 Å². The van der Waals surface area contributed by atoms with Crippen LogP contribution in [0.3, 0.4) is 0 Å². The van der Waals surface area contributed by atoms with Crippen molar-refractivity contribution in [3.8, 4) is 0 Å². The van der Waals surface area contributed by atoms with Gasteiger partial charge in [0.1, 0.15) is 0 Å². The van der Waals surface area contributed by atoms with E-state index in [9.17, 15) is 5.11 Å². The van der Waals surface area contributed by atoms with Crippen molar-refractivity contribution in [2.24, 2.45) is 0 Å². The number of aliphatic hydroxyl groups is 1. The van der Waals surface area contributed by atoms with Crippen LogP contribution in [-0.4, -0.2) is 17.3 Å². The van der Waals surface area contributed by atoms with Crippen LogP contribution in [0.2, 0.25) is 0 Å². The van der Waals surface area contributed by atoms with Crippen molar-refractivity contribution in [2.45, 2.75) is 65.1 Å². The Morgan fingerprint density at radius 3 is 2.33 bits per heavy atom. The number of nitrogens with one attached hydrogen (secondary N) is 1. The second kappa shape index (κ2) is 5.85. The van der Waals surface area contributed by atoms with Gasteiger partial charge in [0.15, 0.2) is 0 Å². The Morgan fingerprint density at radius 1 is 1.11 bits per heavy atom. The van der Waals surface area contributed by atoms with Gasteiger partial charge in [-0.3, -0.25) is 0 Å². The maximum atomic E-state index is 9.97. The quantitative estimate of drug-likeness (QED) is 0.860. The molecule has 0 radical (unpaired) electrons. The molecule has 0 bridgehead atoms. The largest absolute Gasteiger partial charge is 0.392 e. The van der Waals surface area contributed by atoms with E-state index in [1.54, 1.807) is 0 Å².